The molecular formula is C17H12BrClFN3O2S. The molecule has 3 aromatic rings. The van der Waals surface area contributed by atoms with Crippen molar-refractivity contribution in [3.05, 3.63) is 51.9 Å². The van der Waals surface area contributed by atoms with Crippen molar-refractivity contribution in [1.29, 1.82) is 0 Å². The van der Waals surface area contributed by atoms with Crippen LogP contribution in [0.25, 0.3) is 22.1 Å². The van der Waals surface area contributed by atoms with E-state index in [9.17, 15) is 9.18 Å². The second-order valence-electron chi connectivity index (χ2n) is 5.01. The Morgan fingerprint density at radius 3 is 2.85 bits per heavy atom. The van der Waals surface area contributed by atoms with Gasteiger partial charge in [-0.25, -0.2) is 24.1 Å². The second-order valence-corrected chi connectivity index (χ2v) is 6.84. The molecule has 2 aromatic heterocycles. The Morgan fingerprint density at radius 1 is 1.38 bits per heavy atom. The lowest BCUT2D eigenvalue weighted by atomic mass is 10.0. The van der Waals surface area contributed by atoms with Crippen molar-refractivity contribution in [2.45, 2.75) is 12.3 Å². The van der Waals surface area contributed by atoms with Gasteiger partial charge < -0.3 is 4.74 Å². The highest BCUT2D eigenvalue weighted by Crippen LogP contribution is 2.34. The molecule has 0 N–H and O–H groups in total. The van der Waals surface area contributed by atoms with Gasteiger partial charge in [-0.15, -0.1) is 11.3 Å². The number of esters is 1. The summed E-state index contributed by atoms with van der Waals surface area (Å²) in [6, 6.07) is 4.34. The number of benzene rings is 1. The minimum atomic E-state index is -0.603. The quantitative estimate of drug-likeness (QED) is 0.393. The Labute approximate surface area is 166 Å². The number of nitrogens with zero attached hydrogens (tertiary/aromatic N) is 3. The lowest BCUT2D eigenvalue weighted by Gasteiger charge is -2.14. The van der Waals surface area contributed by atoms with Gasteiger partial charge in [0.15, 0.2) is 10.8 Å². The van der Waals surface area contributed by atoms with Crippen molar-refractivity contribution in [1.82, 2.24) is 15.0 Å². The molecule has 0 saturated carbocycles. The third-order valence-corrected chi connectivity index (χ3v) is 5.10. The number of hydrogen-bond donors (Lipinski definition) is 0. The van der Waals surface area contributed by atoms with Gasteiger partial charge in [-0.2, -0.15) is 0 Å². The Hall–Kier alpha value is -1.90. The summed E-state index contributed by atoms with van der Waals surface area (Å²) in [6.45, 7) is 1.89. The predicted octanol–water partition coefficient (Wildman–Crippen LogP) is 5.13. The summed E-state index contributed by atoms with van der Waals surface area (Å²) in [6.07, 6.45) is 1.63. The molecule has 0 radical (unpaired) electrons. The van der Waals surface area contributed by atoms with Gasteiger partial charge in [0, 0.05) is 22.5 Å². The van der Waals surface area contributed by atoms with Crippen LogP contribution < -0.4 is 0 Å². The number of carbonyl (C=O) groups excluding carboxylic acids is 1. The van der Waals surface area contributed by atoms with E-state index in [4.69, 9.17) is 16.3 Å². The molecule has 9 heteroatoms. The molecule has 1 aromatic carbocycles. The van der Waals surface area contributed by atoms with Gasteiger partial charge in [0.05, 0.1) is 23.0 Å². The summed E-state index contributed by atoms with van der Waals surface area (Å²) < 4.78 is 19.1. The van der Waals surface area contributed by atoms with E-state index in [1.807, 2.05) is 0 Å². The van der Waals surface area contributed by atoms with Crippen molar-refractivity contribution in [2.24, 2.45) is 0 Å². The third kappa shape index (κ3) is 3.62. The molecule has 0 fully saturated rings. The number of alkyl halides is 1. The van der Waals surface area contributed by atoms with Crippen LogP contribution in [-0.2, 0) is 10.1 Å². The predicted molar refractivity (Wildman–Crippen MR) is 102 cm³/mol. The highest BCUT2D eigenvalue weighted by Gasteiger charge is 2.25. The lowest BCUT2D eigenvalue weighted by Crippen LogP contribution is -2.13. The number of thiazole rings is 1. The molecule has 0 atom stereocenters. The van der Waals surface area contributed by atoms with E-state index in [0.717, 1.165) is 0 Å². The van der Waals surface area contributed by atoms with Crippen LogP contribution in [0.5, 0.6) is 0 Å². The molecule has 134 valence electrons. The van der Waals surface area contributed by atoms with Gasteiger partial charge >= 0.3 is 5.97 Å². The molecule has 0 saturated heterocycles. The number of aromatic nitrogens is 3. The molecular weight excluding hydrogens is 445 g/mol. The number of halogens is 3. The molecule has 2 heterocycles. The van der Waals surface area contributed by atoms with Gasteiger partial charge in [0.1, 0.15) is 11.4 Å². The van der Waals surface area contributed by atoms with Crippen LogP contribution in [0.1, 0.15) is 23.0 Å². The highest BCUT2D eigenvalue weighted by molar-refractivity contribution is 9.08. The first-order valence-electron chi connectivity index (χ1n) is 7.55. The maximum atomic E-state index is 14.0. The first-order chi connectivity index (χ1) is 12.6. The first kappa shape index (κ1) is 18.9. The van der Waals surface area contributed by atoms with E-state index >= 15 is 0 Å². The Balaban J connectivity index is 2.32. The fourth-order valence-corrected chi connectivity index (χ4v) is 3.52. The molecule has 0 aliphatic carbocycles. The Morgan fingerprint density at radius 2 is 2.19 bits per heavy atom. The molecule has 0 amide bonds. The number of ether oxygens (including phenoxy) is 1. The molecule has 0 spiro atoms. The zero-order valence-corrected chi connectivity index (χ0v) is 16.7. The topological polar surface area (TPSA) is 65.0 Å². The smallest absolute Gasteiger partial charge is 0.342 e. The SMILES string of the molecule is CCOC(=O)c1c(CBr)nc(-c2nccs2)nc1-c1cccc(F)c1Cl. The van der Waals surface area contributed by atoms with Crippen LogP contribution in [0.3, 0.4) is 0 Å². The molecule has 0 bridgehead atoms. The second kappa shape index (κ2) is 8.20. The van der Waals surface area contributed by atoms with Crippen molar-refractivity contribution >= 4 is 44.8 Å². The van der Waals surface area contributed by atoms with Gasteiger partial charge in [0.25, 0.3) is 0 Å². The van der Waals surface area contributed by atoms with Crippen LogP contribution >= 0.6 is 38.9 Å². The van der Waals surface area contributed by atoms with Crippen LogP contribution in [0.4, 0.5) is 4.39 Å². The zero-order chi connectivity index (χ0) is 18.7. The van der Waals surface area contributed by atoms with Gasteiger partial charge in [0.2, 0.25) is 0 Å². The van der Waals surface area contributed by atoms with E-state index in [2.05, 4.69) is 30.9 Å². The summed E-state index contributed by atoms with van der Waals surface area (Å²) in [5, 5.41) is 2.53. The van der Waals surface area contributed by atoms with Crippen molar-refractivity contribution in [2.75, 3.05) is 6.61 Å². The van der Waals surface area contributed by atoms with Crippen molar-refractivity contribution in [3.8, 4) is 22.1 Å². The first-order valence-corrected chi connectivity index (χ1v) is 9.93. The van der Waals surface area contributed by atoms with Gasteiger partial charge in [-0.05, 0) is 13.0 Å². The molecule has 0 aliphatic rings. The summed E-state index contributed by atoms with van der Waals surface area (Å²) in [7, 11) is 0. The van der Waals surface area contributed by atoms with E-state index < -0.39 is 11.8 Å². The van der Waals surface area contributed by atoms with Crippen LogP contribution in [0, 0.1) is 5.82 Å². The molecule has 0 unspecified atom stereocenters. The normalized spacial score (nSPS) is 10.8. The Bertz CT molecular complexity index is 953. The van der Waals surface area contributed by atoms with Crippen LogP contribution in [0.15, 0.2) is 29.8 Å². The molecule has 26 heavy (non-hydrogen) atoms. The summed E-state index contributed by atoms with van der Waals surface area (Å²) in [4.78, 5) is 25.6. The van der Waals surface area contributed by atoms with Crippen molar-refractivity contribution in [3.63, 3.8) is 0 Å². The number of carbonyl (C=O) groups is 1. The highest BCUT2D eigenvalue weighted by atomic mass is 79.9. The van der Waals surface area contributed by atoms with E-state index in [1.54, 1.807) is 24.6 Å². The minimum absolute atomic E-state index is 0.123. The average Bonchev–Trinajstić information content (AvgIpc) is 3.18. The van der Waals surface area contributed by atoms with E-state index in [1.165, 1.54) is 23.5 Å². The summed E-state index contributed by atoms with van der Waals surface area (Å²) in [5.74, 6) is -0.866. The van der Waals surface area contributed by atoms with E-state index in [-0.39, 0.29) is 33.8 Å². The molecule has 0 aliphatic heterocycles. The lowest BCUT2D eigenvalue weighted by molar-refractivity contribution is 0.0525. The molecule has 3 rings (SSSR count). The zero-order valence-electron chi connectivity index (χ0n) is 13.5. The Kier molecular flexibility index (Phi) is 5.95. The largest absolute Gasteiger partial charge is 0.462 e. The maximum Gasteiger partial charge on any atom is 0.342 e. The van der Waals surface area contributed by atoms with Crippen molar-refractivity contribution < 1.29 is 13.9 Å². The third-order valence-electron chi connectivity index (χ3n) is 3.42. The van der Waals surface area contributed by atoms with Gasteiger partial charge in [-0.3, -0.25) is 0 Å². The molecule has 5 nitrogen and oxygen atoms in total. The van der Waals surface area contributed by atoms with Gasteiger partial charge in [-0.1, -0.05) is 39.7 Å². The minimum Gasteiger partial charge on any atom is -0.462 e. The summed E-state index contributed by atoms with van der Waals surface area (Å²) >= 11 is 10.8. The monoisotopic (exact) mass is 455 g/mol. The number of hydrogen-bond acceptors (Lipinski definition) is 6. The standard InChI is InChI=1S/C17H12BrClFN3O2S/c1-2-25-17(24)12-11(8-18)22-15(16-21-6-7-26-16)23-14(12)9-4-3-5-10(20)13(9)19/h3-7H,2,8H2,1H3. The fraction of sp³-hybridized carbons (Fsp3) is 0.176. The van der Waals surface area contributed by atoms with Crippen LogP contribution in [-0.4, -0.2) is 27.5 Å². The van der Waals surface area contributed by atoms with E-state index in [0.29, 0.717) is 16.5 Å². The maximum absolute atomic E-state index is 14.0. The summed E-state index contributed by atoms with van der Waals surface area (Å²) in [5.41, 5.74) is 1.07. The number of rotatable bonds is 5. The average molecular weight is 457 g/mol. The fourth-order valence-electron chi connectivity index (χ4n) is 2.33. The van der Waals surface area contributed by atoms with Crippen LogP contribution in [0.2, 0.25) is 5.02 Å².